The van der Waals surface area contributed by atoms with E-state index < -0.39 is 17.2 Å². The standard InChI is InChI=1S/C22H42O7S/c1-3-5-7-9-10-11-12-13-14-16-17-26-21(23)19-20(30-29-28-25)22(24)27-18-15-8-6-4-2/h20,25H,3-19H2,1-2H3. The molecule has 0 rings (SSSR count). The SMILES string of the molecule is CCCCCCCCCCCCOC(=O)CC(SOOO)C(=O)OCCCCCC. The maximum Gasteiger partial charge on any atom is 0.322 e. The fourth-order valence-corrected chi connectivity index (χ4v) is 3.48. The van der Waals surface area contributed by atoms with E-state index >= 15 is 0 Å². The number of hydrogen-bond acceptors (Lipinski definition) is 8. The summed E-state index contributed by atoms with van der Waals surface area (Å²) in [5.41, 5.74) is 0. The van der Waals surface area contributed by atoms with Crippen molar-refractivity contribution in [1.82, 2.24) is 0 Å². The van der Waals surface area contributed by atoms with Crippen molar-refractivity contribution in [3.63, 3.8) is 0 Å². The van der Waals surface area contributed by atoms with Gasteiger partial charge in [0.25, 0.3) is 0 Å². The number of unbranched alkanes of at least 4 members (excludes halogenated alkanes) is 12. The van der Waals surface area contributed by atoms with Crippen molar-refractivity contribution >= 4 is 24.0 Å². The van der Waals surface area contributed by atoms with E-state index in [0.717, 1.165) is 44.9 Å². The highest BCUT2D eigenvalue weighted by atomic mass is 32.2. The average Bonchev–Trinajstić information content (AvgIpc) is 2.74. The molecule has 1 atom stereocenters. The number of carbonyl (C=O) groups excluding carboxylic acids is 2. The summed E-state index contributed by atoms with van der Waals surface area (Å²) in [7, 11) is 0. The third-order valence-corrected chi connectivity index (χ3v) is 5.53. The minimum absolute atomic E-state index is 0.195. The predicted molar refractivity (Wildman–Crippen MR) is 119 cm³/mol. The molecule has 1 N–H and O–H groups in total. The van der Waals surface area contributed by atoms with Gasteiger partial charge in [0.1, 0.15) is 5.25 Å². The lowest BCUT2D eigenvalue weighted by atomic mass is 10.1. The highest BCUT2D eigenvalue weighted by Crippen LogP contribution is 2.19. The van der Waals surface area contributed by atoms with Crippen molar-refractivity contribution < 1.29 is 33.7 Å². The Balaban J connectivity index is 3.85. The van der Waals surface area contributed by atoms with Gasteiger partial charge >= 0.3 is 11.9 Å². The van der Waals surface area contributed by atoms with Gasteiger partial charge in [-0.3, -0.25) is 9.59 Å². The molecule has 0 aliphatic rings. The monoisotopic (exact) mass is 450 g/mol. The molecule has 0 aromatic rings. The summed E-state index contributed by atoms with van der Waals surface area (Å²) in [6.45, 7) is 4.97. The molecule has 178 valence electrons. The van der Waals surface area contributed by atoms with Crippen LogP contribution in [0.4, 0.5) is 0 Å². The van der Waals surface area contributed by atoms with Crippen molar-refractivity contribution in [3.8, 4) is 0 Å². The summed E-state index contributed by atoms with van der Waals surface area (Å²) >= 11 is 0.538. The molecule has 0 bridgehead atoms. The Morgan fingerprint density at radius 2 is 1.20 bits per heavy atom. The van der Waals surface area contributed by atoms with E-state index in [2.05, 4.69) is 23.2 Å². The lowest BCUT2D eigenvalue weighted by molar-refractivity contribution is -0.432. The third kappa shape index (κ3) is 19.2. The van der Waals surface area contributed by atoms with Crippen LogP contribution in [0.25, 0.3) is 0 Å². The van der Waals surface area contributed by atoms with Gasteiger partial charge in [-0.2, -0.15) is 0 Å². The van der Waals surface area contributed by atoms with Gasteiger partial charge < -0.3 is 9.47 Å². The number of carbonyl (C=O) groups is 2. The van der Waals surface area contributed by atoms with Crippen LogP contribution in [0, 0.1) is 0 Å². The topological polar surface area (TPSA) is 91.3 Å². The largest absolute Gasteiger partial charge is 0.466 e. The van der Waals surface area contributed by atoms with Crippen LogP contribution in [0.3, 0.4) is 0 Å². The fraction of sp³-hybridized carbons (Fsp3) is 0.909. The Kier molecular flexibility index (Phi) is 22.2. The molecule has 0 saturated carbocycles. The molecule has 30 heavy (non-hydrogen) atoms. The first-order valence-corrected chi connectivity index (χ1v) is 12.4. The average molecular weight is 451 g/mol. The lowest BCUT2D eigenvalue weighted by Crippen LogP contribution is -2.25. The molecular formula is C22H42O7S. The van der Waals surface area contributed by atoms with Crippen LogP contribution in [-0.2, 0) is 28.4 Å². The first-order valence-electron chi connectivity index (χ1n) is 11.6. The zero-order chi connectivity index (χ0) is 22.3. The van der Waals surface area contributed by atoms with Crippen molar-refractivity contribution in [2.24, 2.45) is 0 Å². The summed E-state index contributed by atoms with van der Waals surface area (Å²) in [5.74, 6) is -1.07. The first kappa shape index (κ1) is 29.2. The van der Waals surface area contributed by atoms with Gasteiger partial charge in [-0.25, -0.2) is 5.26 Å². The molecule has 0 saturated heterocycles. The molecule has 0 spiro atoms. The van der Waals surface area contributed by atoms with Gasteiger partial charge in [0.05, 0.1) is 31.7 Å². The second-order valence-electron chi connectivity index (χ2n) is 7.56. The predicted octanol–water partition coefficient (Wildman–Crippen LogP) is 6.40. The van der Waals surface area contributed by atoms with E-state index in [0.29, 0.717) is 25.3 Å². The van der Waals surface area contributed by atoms with Crippen molar-refractivity contribution in [3.05, 3.63) is 0 Å². The fourth-order valence-electron chi connectivity index (χ4n) is 3.00. The minimum atomic E-state index is -0.941. The number of esters is 2. The molecular weight excluding hydrogens is 408 g/mol. The summed E-state index contributed by atoms with van der Waals surface area (Å²) < 4.78 is 14.7. The molecule has 0 aromatic heterocycles. The zero-order valence-corrected chi connectivity index (χ0v) is 19.7. The van der Waals surface area contributed by atoms with Gasteiger partial charge in [-0.1, -0.05) is 95.9 Å². The molecule has 7 nitrogen and oxygen atoms in total. The number of rotatable bonds is 22. The Hall–Kier alpha value is -0.830. The Bertz CT molecular complexity index is 407. The van der Waals surface area contributed by atoms with E-state index in [1.54, 1.807) is 0 Å². The van der Waals surface area contributed by atoms with E-state index in [1.807, 2.05) is 0 Å². The Morgan fingerprint density at radius 1 is 0.733 bits per heavy atom. The Morgan fingerprint density at radius 3 is 1.73 bits per heavy atom. The van der Waals surface area contributed by atoms with E-state index in [4.69, 9.17) is 14.7 Å². The normalized spacial score (nSPS) is 12.0. The minimum Gasteiger partial charge on any atom is -0.466 e. The second-order valence-corrected chi connectivity index (χ2v) is 8.46. The van der Waals surface area contributed by atoms with Crippen LogP contribution in [0.15, 0.2) is 0 Å². The molecule has 8 heteroatoms. The van der Waals surface area contributed by atoms with Gasteiger partial charge in [0.15, 0.2) is 0 Å². The van der Waals surface area contributed by atoms with Crippen LogP contribution in [0.1, 0.15) is 110 Å². The van der Waals surface area contributed by atoms with Gasteiger partial charge in [0, 0.05) is 0 Å². The summed E-state index contributed by atoms with van der Waals surface area (Å²) in [6, 6.07) is 0. The molecule has 0 amide bonds. The molecule has 0 aliphatic heterocycles. The van der Waals surface area contributed by atoms with Crippen LogP contribution in [0.5, 0.6) is 0 Å². The van der Waals surface area contributed by atoms with Gasteiger partial charge in [-0.05, 0) is 12.8 Å². The summed E-state index contributed by atoms with van der Waals surface area (Å²) in [6.07, 6.45) is 15.8. The molecule has 0 aliphatic carbocycles. The van der Waals surface area contributed by atoms with E-state index in [-0.39, 0.29) is 6.42 Å². The first-order chi connectivity index (χ1) is 14.7. The lowest BCUT2D eigenvalue weighted by Gasteiger charge is -2.13. The zero-order valence-electron chi connectivity index (χ0n) is 18.9. The molecule has 0 radical (unpaired) electrons. The van der Waals surface area contributed by atoms with Crippen LogP contribution >= 0.6 is 12.0 Å². The van der Waals surface area contributed by atoms with Crippen molar-refractivity contribution in [2.75, 3.05) is 13.2 Å². The van der Waals surface area contributed by atoms with Crippen LogP contribution < -0.4 is 0 Å². The Labute approximate surface area is 186 Å². The van der Waals surface area contributed by atoms with Crippen LogP contribution in [-0.4, -0.2) is 35.7 Å². The highest BCUT2D eigenvalue weighted by Gasteiger charge is 2.26. The number of ether oxygens (including phenoxy) is 2. The highest BCUT2D eigenvalue weighted by molar-refractivity contribution is 7.95. The van der Waals surface area contributed by atoms with Crippen LogP contribution in [0.2, 0.25) is 0 Å². The molecule has 0 aromatic carbocycles. The van der Waals surface area contributed by atoms with Crippen molar-refractivity contribution in [1.29, 1.82) is 0 Å². The van der Waals surface area contributed by atoms with E-state index in [1.165, 1.54) is 44.9 Å². The smallest absolute Gasteiger partial charge is 0.322 e. The maximum atomic E-state index is 12.1. The summed E-state index contributed by atoms with van der Waals surface area (Å²) in [4.78, 5) is 24.1. The molecule has 1 unspecified atom stereocenters. The number of hydrogen-bond donors (Lipinski definition) is 1. The maximum absolute atomic E-state index is 12.1. The van der Waals surface area contributed by atoms with E-state index in [9.17, 15) is 9.59 Å². The quantitative estimate of drug-likeness (QED) is 0.0666. The van der Waals surface area contributed by atoms with Gasteiger partial charge in [-0.15, -0.1) is 4.33 Å². The third-order valence-electron chi connectivity index (χ3n) is 4.80. The van der Waals surface area contributed by atoms with Gasteiger partial charge in [0.2, 0.25) is 0 Å². The second kappa shape index (κ2) is 22.8. The molecule has 0 fully saturated rings. The molecule has 0 heterocycles. The summed E-state index contributed by atoms with van der Waals surface area (Å²) in [5, 5.41) is 10.9. The van der Waals surface area contributed by atoms with Crippen molar-refractivity contribution in [2.45, 2.75) is 115 Å².